The van der Waals surface area contributed by atoms with Gasteiger partial charge in [0.05, 0.1) is 12.8 Å². The van der Waals surface area contributed by atoms with E-state index in [0.29, 0.717) is 10.9 Å². The topological polar surface area (TPSA) is 101 Å². The molecule has 1 aromatic carbocycles. The monoisotopic (exact) mass is 379 g/mol. The van der Waals surface area contributed by atoms with Crippen LogP contribution < -0.4 is 0 Å². The summed E-state index contributed by atoms with van der Waals surface area (Å²) in [4.78, 5) is 5.35. The molecule has 1 fully saturated rings. The van der Waals surface area contributed by atoms with Crippen molar-refractivity contribution in [3.05, 3.63) is 42.1 Å². The third kappa shape index (κ3) is 3.07. The zero-order valence-corrected chi connectivity index (χ0v) is 14.7. The second kappa shape index (κ2) is 7.02. The molecule has 4 rings (SSSR count). The highest BCUT2D eigenvalue weighted by molar-refractivity contribution is 7.98. The first kappa shape index (κ1) is 17.0. The quantitative estimate of drug-likeness (QED) is 0.576. The Morgan fingerprint density at radius 2 is 2.00 bits per heavy atom. The fourth-order valence-electron chi connectivity index (χ4n) is 2.86. The Morgan fingerprint density at radius 1 is 1.20 bits per heavy atom. The van der Waals surface area contributed by atoms with Crippen molar-refractivity contribution in [2.24, 2.45) is 0 Å². The number of hydrogen-bond acceptors (Lipinski definition) is 8. The number of nitrogens with zero attached hydrogens (tertiary/aromatic N) is 3. The smallest absolute Gasteiger partial charge is 0.172 e. The van der Waals surface area contributed by atoms with Crippen molar-refractivity contribution in [3.63, 3.8) is 0 Å². The lowest BCUT2D eigenvalue weighted by Gasteiger charge is -2.18. The van der Waals surface area contributed by atoms with Gasteiger partial charge in [-0.2, -0.15) is 4.37 Å². The van der Waals surface area contributed by atoms with E-state index in [-0.39, 0.29) is 6.61 Å². The molecule has 132 valence electrons. The number of rotatable bonds is 5. The molecule has 3 heterocycles. The fraction of sp³-hybridized carbons (Fsp3) is 0.375. The second-order valence-electron chi connectivity index (χ2n) is 5.78. The molecular formula is C16H17N3O4S2. The van der Waals surface area contributed by atoms with Gasteiger partial charge in [0.25, 0.3) is 0 Å². The Labute approximate surface area is 152 Å². The van der Waals surface area contributed by atoms with Crippen LogP contribution in [-0.4, -0.2) is 54.2 Å². The maximum absolute atomic E-state index is 10.4. The van der Waals surface area contributed by atoms with Gasteiger partial charge >= 0.3 is 0 Å². The van der Waals surface area contributed by atoms with Crippen LogP contribution in [0.4, 0.5) is 0 Å². The third-order valence-electron chi connectivity index (χ3n) is 4.16. The molecule has 9 heteroatoms. The van der Waals surface area contributed by atoms with Gasteiger partial charge in [-0.3, -0.25) is 4.57 Å². The zero-order chi connectivity index (χ0) is 17.4. The van der Waals surface area contributed by atoms with E-state index in [4.69, 9.17) is 4.74 Å². The summed E-state index contributed by atoms with van der Waals surface area (Å²) in [5.74, 6) is 0.716. The first-order valence-corrected chi connectivity index (χ1v) is 9.56. The number of benzene rings is 1. The van der Waals surface area contributed by atoms with Gasteiger partial charge in [0.15, 0.2) is 11.4 Å². The van der Waals surface area contributed by atoms with E-state index in [1.54, 1.807) is 10.8 Å². The first-order chi connectivity index (χ1) is 12.2. The summed E-state index contributed by atoms with van der Waals surface area (Å²) in [6, 6.07) is 10.0. The standard InChI is InChI=1S/C16H17N3O4S2/c20-7-11-12(21)13(22)14(23-11)19-15-10(6-17-25-15)18-16(19)24-8-9-4-2-1-3-5-9/h1-6,11-14,20-22H,7-8H2/t11-,12-,13+,14-/m1/s1. The molecule has 0 spiro atoms. The average molecular weight is 379 g/mol. The van der Waals surface area contributed by atoms with Gasteiger partial charge < -0.3 is 20.1 Å². The van der Waals surface area contributed by atoms with E-state index in [1.807, 2.05) is 30.3 Å². The summed E-state index contributed by atoms with van der Waals surface area (Å²) in [5.41, 5.74) is 1.88. The van der Waals surface area contributed by atoms with Crippen LogP contribution in [0.3, 0.4) is 0 Å². The summed E-state index contributed by atoms with van der Waals surface area (Å²) >= 11 is 2.78. The number of aromatic nitrogens is 3. The maximum atomic E-state index is 10.4. The van der Waals surface area contributed by atoms with Crippen LogP contribution in [0.25, 0.3) is 10.3 Å². The molecule has 0 aliphatic carbocycles. The number of aliphatic hydroxyl groups is 3. The molecule has 0 radical (unpaired) electrons. The van der Waals surface area contributed by atoms with Crippen LogP contribution in [0.15, 0.2) is 41.7 Å². The van der Waals surface area contributed by atoms with Gasteiger partial charge in [0.1, 0.15) is 28.7 Å². The summed E-state index contributed by atoms with van der Waals surface area (Å²) in [5, 5.41) is 30.4. The predicted molar refractivity (Wildman–Crippen MR) is 94.4 cm³/mol. The van der Waals surface area contributed by atoms with Crippen molar-refractivity contribution in [2.75, 3.05) is 6.61 Å². The molecule has 0 unspecified atom stereocenters. The Morgan fingerprint density at radius 3 is 2.72 bits per heavy atom. The molecule has 4 atom stereocenters. The molecular weight excluding hydrogens is 362 g/mol. The van der Waals surface area contributed by atoms with E-state index in [1.165, 1.54) is 23.3 Å². The highest BCUT2D eigenvalue weighted by Crippen LogP contribution is 2.37. The number of fused-ring (bicyclic) bond motifs is 1. The molecule has 2 aromatic heterocycles. The van der Waals surface area contributed by atoms with Crippen molar-refractivity contribution < 1.29 is 20.1 Å². The number of imidazole rings is 1. The van der Waals surface area contributed by atoms with Crippen LogP contribution in [0.2, 0.25) is 0 Å². The van der Waals surface area contributed by atoms with Crippen molar-refractivity contribution >= 4 is 33.6 Å². The minimum absolute atomic E-state index is 0.359. The van der Waals surface area contributed by atoms with E-state index in [0.717, 1.165) is 15.9 Å². The van der Waals surface area contributed by atoms with E-state index < -0.39 is 24.5 Å². The molecule has 0 amide bonds. The Kier molecular flexibility index (Phi) is 4.76. The minimum atomic E-state index is -1.15. The van der Waals surface area contributed by atoms with Gasteiger partial charge in [-0.1, -0.05) is 42.1 Å². The van der Waals surface area contributed by atoms with Crippen LogP contribution in [0, 0.1) is 0 Å². The highest BCUT2D eigenvalue weighted by atomic mass is 32.2. The summed E-state index contributed by atoms with van der Waals surface area (Å²) in [7, 11) is 0. The number of hydrogen-bond donors (Lipinski definition) is 3. The van der Waals surface area contributed by atoms with Gasteiger partial charge in [-0.15, -0.1) is 0 Å². The largest absolute Gasteiger partial charge is 0.394 e. The molecule has 1 saturated heterocycles. The van der Waals surface area contributed by atoms with Crippen molar-refractivity contribution in [3.8, 4) is 0 Å². The van der Waals surface area contributed by atoms with Gasteiger partial charge in [0.2, 0.25) is 0 Å². The normalized spacial score (nSPS) is 26.5. The van der Waals surface area contributed by atoms with E-state index in [2.05, 4.69) is 9.36 Å². The van der Waals surface area contributed by atoms with Crippen LogP contribution in [-0.2, 0) is 10.5 Å². The van der Waals surface area contributed by atoms with Gasteiger partial charge in [-0.25, -0.2) is 4.98 Å². The summed E-state index contributed by atoms with van der Waals surface area (Å²) in [6.45, 7) is -0.359. The average Bonchev–Trinajstić information content (AvgIpc) is 3.29. The van der Waals surface area contributed by atoms with Crippen molar-refractivity contribution in [1.82, 2.24) is 13.9 Å². The molecule has 7 nitrogen and oxygen atoms in total. The highest BCUT2D eigenvalue weighted by Gasteiger charge is 2.44. The fourth-order valence-corrected chi connectivity index (χ4v) is 4.62. The molecule has 0 saturated carbocycles. The van der Waals surface area contributed by atoms with Crippen LogP contribution in [0.5, 0.6) is 0 Å². The summed E-state index contributed by atoms with van der Waals surface area (Å²) in [6.07, 6.45) is -2.25. The molecule has 1 aliphatic heterocycles. The van der Waals surface area contributed by atoms with Crippen molar-refractivity contribution in [1.29, 1.82) is 0 Å². The molecule has 3 aromatic rings. The SMILES string of the molecule is OC[C@H]1O[C@@H](n2c(SCc3ccccc3)nc3cnsc32)[C@@H](O)[C@@H]1O. The Bertz CT molecular complexity index is 854. The molecule has 3 N–H and O–H groups in total. The molecule has 1 aliphatic rings. The lowest BCUT2D eigenvalue weighted by atomic mass is 10.1. The minimum Gasteiger partial charge on any atom is -0.394 e. The molecule has 0 bridgehead atoms. The lowest BCUT2D eigenvalue weighted by Crippen LogP contribution is -2.33. The lowest BCUT2D eigenvalue weighted by molar-refractivity contribution is -0.0543. The number of thioether (sulfide) groups is 1. The third-order valence-corrected chi connectivity index (χ3v) is 5.97. The van der Waals surface area contributed by atoms with Gasteiger partial charge in [0, 0.05) is 5.75 Å². The maximum Gasteiger partial charge on any atom is 0.172 e. The van der Waals surface area contributed by atoms with E-state index >= 15 is 0 Å². The van der Waals surface area contributed by atoms with Gasteiger partial charge in [-0.05, 0) is 17.1 Å². The second-order valence-corrected chi connectivity index (χ2v) is 7.51. The Hall–Kier alpha value is -1.49. The Balaban J connectivity index is 1.66. The molecule has 25 heavy (non-hydrogen) atoms. The zero-order valence-electron chi connectivity index (χ0n) is 13.1. The summed E-state index contributed by atoms with van der Waals surface area (Å²) < 4.78 is 11.6. The van der Waals surface area contributed by atoms with Crippen molar-refractivity contribution in [2.45, 2.75) is 35.4 Å². The predicted octanol–water partition coefficient (Wildman–Crippen LogP) is 1.40. The van der Waals surface area contributed by atoms with Crippen LogP contribution in [0.1, 0.15) is 11.8 Å². The number of aliphatic hydroxyl groups excluding tert-OH is 3. The first-order valence-electron chi connectivity index (χ1n) is 7.81. The van der Waals surface area contributed by atoms with E-state index in [9.17, 15) is 15.3 Å². The van der Waals surface area contributed by atoms with Crippen LogP contribution >= 0.6 is 23.3 Å². The number of ether oxygens (including phenoxy) is 1.